The fourth-order valence-corrected chi connectivity index (χ4v) is 4.21. The van der Waals surface area contributed by atoms with Crippen LogP contribution in [0.2, 0.25) is 0 Å². The third-order valence-electron chi connectivity index (χ3n) is 4.52. The van der Waals surface area contributed by atoms with Crippen LogP contribution < -0.4 is 9.64 Å². The van der Waals surface area contributed by atoms with Crippen molar-refractivity contribution >= 4 is 34.8 Å². The van der Waals surface area contributed by atoms with Gasteiger partial charge in [-0.3, -0.25) is 9.59 Å². The highest BCUT2D eigenvalue weighted by molar-refractivity contribution is 8.04. The smallest absolute Gasteiger partial charge is 0.272 e. The minimum absolute atomic E-state index is 0.206. The Balaban J connectivity index is 1.79. The summed E-state index contributed by atoms with van der Waals surface area (Å²) in [5, 5.41) is 0. The molecule has 3 aromatic carbocycles. The van der Waals surface area contributed by atoms with E-state index in [2.05, 4.69) is 0 Å². The van der Waals surface area contributed by atoms with E-state index in [1.165, 1.54) is 30.0 Å². The molecule has 0 aliphatic carbocycles. The molecule has 150 valence electrons. The largest absolute Gasteiger partial charge is 0.494 e. The SMILES string of the molecule is CCOc1ccc(C2=C(Sc3ccccc3)C(=O)N(c3cccc(F)c3)C2=O)cc1. The molecule has 0 N–H and O–H groups in total. The number of imide groups is 1. The van der Waals surface area contributed by atoms with E-state index in [1.54, 1.807) is 30.3 Å². The Kier molecular flexibility index (Phi) is 5.68. The molecule has 0 atom stereocenters. The van der Waals surface area contributed by atoms with Crippen molar-refractivity contribution in [1.82, 2.24) is 0 Å². The van der Waals surface area contributed by atoms with Crippen molar-refractivity contribution in [3.8, 4) is 5.75 Å². The number of hydrogen-bond donors (Lipinski definition) is 0. The summed E-state index contributed by atoms with van der Waals surface area (Å²) in [6, 6.07) is 21.9. The molecule has 0 fully saturated rings. The zero-order valence-corrected chi connectivity index (χ0v) is 17.0. The molecule has 1 aliphatic heterocycles. The summed E-state index contributed by atoms with van der Waals surface area (Å²) in [5.41, 5.74) is 1.10. The average molecular weight is 419 g/mol. The molecule has 4 nitrogen and oxygen atoms in total. The van der Waals surface area contributed by atoms with Gasteiger partial charge in [0.15, 0.2) is 0 Å². The maximum absolute atomic E-state index is 13.8. The maximum atomic E-state index is 13.8. The highest BCUT2D eigenvalue weighted by Crippen LogP contribution is 2.41. The summed E-state index contributed by atoms with van der Waals surface area (Å²) in [6.45, 7) is 2.42. The van der Waals surface area contributed by atoms with Crippen LogP contribution in [0.25, 0.3) is 5.57 Å². The molecule has 0 saturated carbocycles. The third-order valence-corrected chi connectivity index (χ3v) is 5.62. The number of thioether (sulfide) groups is 1. The molecule has 1 aliphatic rings. The van der Waals surface area contributed by atoms with Gasteiger partial charge in [-0.25, -0.2) is 9.29 Å². The summed E-state index contributed by atoms with van der Waals surface area (Å²) < 4.78 is 19.2. The number of rotatable bonds is 6. The first-order chi connectivity index (χ1) is 14.6. The van der Waals surface area contributed by atoms with Crippen LogP contribution in [-0.2, 0) is 9.59 Å². The zero-order chi connectivity index (χ0) is 21.1. The van der Waals surface area contributed by atoms with Gasteiger partial charge in [-0.1, -0.05) is 48.2 Å². The van der Waals surface area contributed by atoms with E-state index in [0.717, 1.165) is 9.80 Å². The fourth-order valence-electron chi connectivity index (χ4n) is 3.20. The molecule has 0 aromatic heterocycles. The third kappa shape index (κ3) is 3.86. The Morgan fingerprint density at radius 3 is 2.30 bits per heavy atom. The second kappa shape index (κ2) is 8.55. The van der Waals surface area contributed by atoms with E-state index >= 15 is 0 Å². The number of benzene rings is 3. The van der Waals surface area contributed by atoms with E-state index in [0.29, 0.717) is 28.4 Å². The zero-order valence-electron chi connectivity index (χ0n) is 16.2. The van der Waals surface area contributed by atoms with Gasteiger partial charge in [-0.05, 0) is 55.0 Å². The summed E-state index contributed by atoms with van der Waals surface area (Å²) >= 11 is 1.23. The van der Waals surface area contributed by atoms with Gasteiger partial charge in [0.2, 0.25) is 0 Å². The molecule has 0 unspecified atom stereocenters. The number of ether oxygens (including phenoxy) is 1. The van der Waals surface area contributed by atoms with Crippen molar-refractivity contribution in [3.63, 3.8) is 0 Å². The normalized spacial score (nSPS) is 13.9. The van der Waals surface area contributed by atoms with Crippen molar-refractivity contribution in [2.24, 2.45) is 0 Å². The van der Waals surface area contributed by atoms with E-state index in [-0.39, 0.29) is 5.69 Å². The molecular formula is C24H18FNO3S. The van der Waals surface area contributed by atoms with Crippen LogP contribution in [0, 0.1) is 5.82 Å². The molecule has 1 heterocycles. The monoisotopic (exact) mass is 419 g/mol. The summed E-state index contributed by atoms with van der Waals surface area (Å²) in [5.74, 6) is -0.783. The minimum atomic E-state index is -0.514. The molecule has 6 heteroatoms. The lowest BCUT2D eigenvalue weighted by molar-refractivity contribution is -0.119. The van der Waals surface area contributed by atoms with Gasteiger partial charge < -0.3 is 4.74 Å². The Morgan fingerprint density at radius 1 is 0.900 bits per heavy atom. The lowest BCUT2D eigenvalue weighted by Gasteiger charge is -2.15. The molecular weight excluding hydrogens is 401 g/mol. The Hall–Kier alpha value is -3.38. The first-order valence-corrected chi connectivity index (χ1v) is 10.2. The van der Waals surface area contributed by atoms with Crippen molar-refractivity contribution in [2.75, 3.05) is 11.5 Å². The van der Waals surface area contributed by atoms with E-state index < -0.39 is 17.6 Å². The van der Waals surface area contributed by atoms with Crippen molar-refractivity contribution < 1.29 is 18.7 Å². The number of nitrogens with zero attached hydrogens (tertiary/aromatic N) is 1. The molecule has 0 saturated heterocycles. The topological polar surface area (TPSA) is 46.6 Å². The summed E-state index contributed by atoms with van der Waals surface area (Å²) in [6.07, 6.45) is 0. The van der Waals surface area contributed by atoms with E-state index in [1.807, 2.05) is 37.3 Å². The molecule has 4 rings (SSSR count). The number of carbonyl (C=O) groups is 2. The van der Waals surface area contributed by atoms with E-state index in [4.69, 9.17) is 4.74 Å². The van der Waals surface area contributed by atoms with Gasteiger partial charge in [0.25, 0.3) is 11.8 Å². The molecule has 0 radical (unpaired) electrons. The standard InChI is InChI=1S/C24H18FNO3S/c1-2-29-19-13-11-16(12-14-19)21-22(30-20-9-4-3-5-10-20)24(28)26(23(21)27)18-8-6-7-17(25)15-18/h3-15H,2H2,1H3. The van der Waals surface area contributed by atoms with Crippen LogP contribution in [0.1, 0.15) is 12.5 Å². The predicted molar refractivity (Wildman–Crippen MR) is 116 cm³/mol. The van der Waals surface area contributed by atoms with E-state index in [9.17, 15) is 14.0 Å². The number of halogens is 1. The van der Waals surface area contributed by atoms with Gasteiger partial charge in [-0.2, -0.15) is 0 Å². The molecule has 3 aromatic rings. The molecule has 30 heavy (non-hydrogen) atoms. The fraction of sp³-hybridized carbons (Fsp3) is 0.0833. The first kappa shape index (κ1) is 19.9. The lowest BCUT2D eigenvalue weighted by atomic mass is 10.1. The van der Waals surface area contributed by atoms with Crippen LogP contribution in [0.15, 0.2) is 88.7 Å². The average Bonchev–Trinajstić information content (AvgIpc) is 2.99. The van der Waals surface area contributed by atoms with Crippen molar-refractivity contribution in [2.45, 2.75) is 11.8 Å². The van der Waals surface area contributed by atoms with Crippen LogP contribution in [0.4, 0.5) is 10.1 Å². The number of carbonyl (C=O) groups excluding carboxylic acids is 2. The highest BCUT2D eigenvalue weighted by atomic mass is 32.2. The second-order valence-corrected chi connectivity index (χ2v) is 7.59. The predicted octanol–water partition coefficient (Wildman–Crippen LogP) is 5.30. The Morgan fingerprint density at radius 2 is 1.63 bits per heavy atom. The number of amides is 2. The molecule has 2 amide bonds. The minimum Gasteiger partial charge on any atom is -0.494 e. The molecule has 0 spiro atoms. The first-order valence-electron chi connectivity index (χ1n) is 9.43. The quantitative estimate of drug-likeness (QED) is 0.509. The maximum Gasteiger partial charge on any atom is 0.272 e. The summed E-state index contributed by atoms with van der Waals surface area (Å²) in [7, 11) is 0. The molecule has 0 bridgehead atoms. The van der Waals surface area contributed by atoms with Gasteiger partial charge in [0, 0.05) is 4.90 Å². The Labute approximate surface area is 178 Å². The lowest BCUT2D eigenvalue weighted by Crippen LogP contribution is -2.31. The summed E-state index contributed by atoms with van der Waals surface area (Å²) in [4.78, 5) is 28.7. The second-order valence-electron chi connectivity index (χ2n) is 6.50. The highest BCUT2D eigenvalue weighted by Gasteiger charge is 2.40. The van der Waals surface area contributed by atoms with Crippen molar-refractivity contribution in [1.29, 1.82) is 0 Å². The van der Waals surface area contributed by atoms with Crippen LogP contribution in [0.3, 0.4) is 0 Å². The van der Waals surface area contributed by atoms with Gasteiger partial charge in [0.05, 0.1) is 22.8 Å². The number of hydrogen-bond acceptors (Lipinski definition) is 4. The van der Waals surface area contributed by atoms with Crippen LogP contribution >= 0.6 is 11.8 Å². The van der Waals surface area contributed by atoms with Gasteiger partial charge in [0.1, 0.15) is 11.6 Å². The van der Waals surface area contributed by atoms with Gasteiger partial charge in [-0.15, -0.1) is 0 Å². The Bertz CT molecular complexity index is 1130. The number of anilines is 1. The van der Waals surface area contributed by atoms with Gasteiger partial charge >= 0.3 is 0 Å². The van der Waals surface area contributed by atoms with Crippen LogP contribution in [0.5, 0.6) is 5.75 Å². The van der Waals surface area contributed by atoms with Crippen molar-refractivity contribution in [3.05, 3.63) is 95.1 Å². The van der Waals surface area contributed by atoms with Crippen LogP contribution in [-0.4, -0.2) is 18.4 Å².